The summed E-state index contributed by atoms with van der Waals surface area (Å²) in [5, 5.41) is 10.5. The quantitative estimate of drug-likeness (QED) is 0.714. The monoisotopic (exact) mass is 397 g/mol. The summed E-state index contributed by atoms with van der Waals surface area (Å²) in [7, 11) is 0. The van der Waals surface area contributed by atoms with Gasteiger partial charge in [0.15, 0.2) is 0 Å². The average Bonchev–Trinajstić information content (AvgIpc) is 3.30. The van der Waals surface area contributed by atoms with Crippen LogP contribution in [0.4, 0.5) is 13.2 Å². The fourth-order valence-corrected chi connectivity index (χ4v) is 3.50. The Morgan fingerprint density at radius 1 is 1.37 bits per heavy atom. The van der Waals surface area contributed by atoms with Crippen LogP contribution in [0.5, 0.6) is 0 Å². The Bertz CT molecular complexity index is 957. The van der Waals surface area contributed by atoms with Gasteiger partial charge in [0.25, 0.3) is 5.91 Å². The SMILES string of the molecule is O=C(NC1CCC1)c1cnn(Cc2ccc(-c3noc(C(F)(F)F)n3)s2)c1. The highest BCUT2D eigenvalue weighted by Crippen LogP contribution is 2.31. The Hall–Kier alpha value is -2.69. The number of aromatic nitrogens is 4. The summed E-state index contributed by atoms with van der Waals surface area (Å²) in [6.45, 7) is 0.380. The number of carbonyl (C=O) groups is 1. The van der Waals surface area contributed by atoms with Gasteiger partial charge in [0.05, 0.1) is 23.2 Å². The Labute approximate surface area is 155 Å². The van der Waals surface area contributed by atoms with E-state index >= 15 is 0 Å². The molecule has 142 valence electrons. The van der Waals surface area contributed by atoms with E-state index in [1.165, 1.54) is 17.5 Å². The second-order valence-electron chi connectivity index (χ2n) is 6.21. The minimum atomic E-state index is -4.67. The van der Waals surface area contributed by atoms with Gasteiger partial charge in [-0.1, -0.05) is 5.16 Å². The van der Waals surface area contributed by atoms with Crippen molar-refractivity contribution in [2.75, 3.05) is 0 Å². The highest BCUT2D eigenvalue weighted by Gasteiger charge is 2.38. The molecule has 3 aromatic heterocycles. The van der Waals surface area contributed by atoms with Crippen LogP contribution in [0.3, 0.4) is 0 Å². The van der Waals surface area contributed by atoms with Crippen molar-refractivity contribution in [3.8, 4) is 10.7 Å². The van der Waals surface area contributed by atoms with Gasteiger partial charge in [-0.05, 0) is 31.4 Å². The average molecular weight is 397 g/mol. The van der Waals surface area contributed by atoms with Gasteiger partial charge in [-0.15, -0.1) is 11.3 Å². The minimum Gasteiger partial charge on any atom is -0.349 e. The van der Waals surface area contributed by atoms with Crippen molar-refractivity contribution in [2.45, 2.75) is 38.0 Å². The number of hydrogen-bond donors (Lipinski definition) is 1. The van der Waals surface area contributed by atoms with Crippen molar-refractivity contribution in [3.63, 3.8) is 0 Å². The van der Waals surface area contributed by atoms with Gasteiger partial charge in [0.2, 0.25) is 5.82 Å². The fraction of sp³-hybridized carbons (Fsp3) is 0.375. The zero-order chi connectivity index (χ0) is 19.0. The number of alkyl halides is 3. The maximum atomic E-state index is 12.5. The van der Waals surface area contributed by atoms with Gasteiger partial charge in [-0.25, -0.2) is 0 Å². The Balaban J connectivity index is 1.42. The number of rotatable bonds is 5. The van der Waals surface area contributed by atoms with Crippen LogP contribution < -0.4 is 5.32 Å². The van der Waals surface area contributed by atoms with Crippen LogP contribution in [0.1, 0.15) is 40.4 Å². The van der Waals surface area contributed by atoms with E-state index in [-0.39, 0.29) is 17.8 Å². The summed E-state index contributed by atoms with van der Waals surface area (Å²) in [5.41, 5.74) is 0.478. The van der Waals surface area contributed by atoms with Crippen LogP contribution in [0, 0.1) is 0 Å². The van der Waals surface area contributed by atoms with Crippen LogP contribution in [-0.4, -0.2) is 31.9 Å². The van der Waals surface area contributed by atoms with E-state index in [4.69, 9.17) is 0 Å². The molecule has 3 heterocycles. The lowest BCUT2D eigenvalue weighted by atomic mass is 9.93. The number of halogens is 3. The van der Waals surface area contributed by atoms with Crippen LogP contribution >= 0.6 is 11.3 Å². The zero-order valence-corrected chi connectivity index (χ0v) is 14.7. The Morgan fingerprint density at radius 3 is 2.85 bits per heavy atom. The van der Waals surface area contributed by atoms with Gasteiger partial charge in [-0.2, -0.15) is 23.3 Å². The molecule has 1 aliphatic carbocycles. The van der Waals surface area contributed by atoms with Crippen LogP contribution in [0.25, 0.3) is 10.7 Å². The second-order valence-corrected chi connectivity index (χ2v) is 7.38. The van der Waals surface area contributed by atoms with Gasteiger partial charge in [-0.3, -0.25) is 9.48 Å². The molecule has 0 atom stereocenters. The number of carbonyl (C=O) groups excluding carboxylic acids is 1. The summed E-state index contributed by atoms with van der Waals surface area (Å²) in [5.74, 6) is -1.63. The van der Waals surface area contributed by atoms with Gasteiger partial charge in [0.1, 0.15) is 0 Å². The zero-order valence-electron chi connectivity index (χ0n) is 13.9. The van der Waals surface area contributed by atoms with Crippen molar-refractivity contribution < 1.29 is 22.5 Å². The molecule has 0 unspecified atom stereocenters. The predicted octanol–water partition coefficient (Wildman–Crippen LogP) is 3.34. The van der Waals surface area contributed by atoms with E-state index in [9.17, 15) is 18.0 Å². The molecule has 0 saturated heterocycles. The van der Waals surface area contributed by atoms with Crippen molar-refractivity contribution in [2.24, 2.45) is 0 Å². The van der Waals surface area contributed by atoms with Gasteiger partial charge in [0, 0.05) is 17.1 Å². The van der Waals surface area contributed by atoms with Crippen molar-refractivity contribution in [1.29, 1.82) is 0 Å². The molecule has 0 bridgehead atoms. The van der Waals surface area contributed by atoms with Crippen molar-refractivity contribution in [3.05, 3.63) is 40.9 Å². The standard InChI is InChI=1S/C16H14F3N5O2S/c17-16(18,19)15-22-13(23-26-15)12-5-4-11(27-12)8-24-7-9(6-20-24)14(25)21-10-2-1-3-10/h4-7,10H,1-3,8H2,(H,21,25). The molecule has 0 aliphatic heterocycles. The third-order valence-electron chi connectivity index (χ3n) is 4.20. The van der Waals surface area contributed by atoms with Crippen molar-refractivity contribution >= 4 is 17.2 Å². The second kappa shape index (κ2) is 6.80. The first-order chi connectivity index (χ1) is 12.9. The summed E-state index contributed by atoms with van der Waals surface area (Å²) in [6.07, 6.45) is 1.61. The van der Waals surface area contributed by atoms with E-state index < -0.39 is 12.1 Å². The van der Waals surface area contributed by atoms with Gasteiger partial charge >= 0.3 is 12.1 Å². The summed E-state index contributed by atoms with van der Waals surface area (Å²) >= 11 is 1.23. The fourth-order valence-electron chi connectivity index (χ4n) is 2.57. The number of nitrogens with zero attached hydrogens (tertiary/aromatic N) is 4. The lowest BCUT2D eigenvalue weighted by molar-refractivity contribution is -0.159. The van der Waals surface area contributed by atoms with Crippen molar-refractivity contribution in [1.82, 2.24) is 25.2 Å². The van der Waals surface area contributed by atoms with E-state index in [1.54, 1.807) is 23.0 Å². The molecule has 27 heavy (non-hydrogen) atoms. The third kappa shape index (κ3) is 3.87. The molecule has 0 radical (unpaired) electrons. The Morgan fingerprint density at radius 2 is 2.19 bits per heavy atom. The highest BCUT2D eigenvalue weighted by molar-refractivity contribution is 7.15. The molecule has 1 fully saturated rings. The lowest BCUT2D eigenvalue weighted by Gasteiger charge is -2.25. The smallest absolute Gasteiger partial charge is 0.349 e. The molecule has 1 saturated carbocycles. The maximum absolute atomic E-state index is 12.5. The molecular formula is C16H14F3N5O2S. The topological polar surface area (TPSA) is 85.8 Å². The lowest BCUT2D eigenvalue weighted by Crippen LogP contribution is -2.39. The summed E-state index contributed by atoms with van der Waals surface area (Å²) in [4.78, 5) is 16.8. The maximum Gasteiger partial charge on any atom is 0.471 e. The number of thiophene rings is 1. The van der Waals surface area contributed by atoms with Gasteiger partial charge < -0.3 is 9.84 Å². The van der Waals surface area contributed by atoms with E-state index in [1.807, 2.05) is 0 Å². The minimum absolute atomic E-state index is 0.111. The third-order valence-corrected chi connectivity index (χ3v) is 5.27. The molecule has 1 amide bonds. The molecule has 3 aromatic rings. The van der Waals surface area contributed by atoms with E-state index in [2.05, 4.69) is 25.1 Å². The number of nitrogens with one attached hydrogen (secondary N) is 1. The molecule has 0 aromatic carbocycles. The normalized spacial score (nSPS) is 14.9. The molecule has 1 N–H and O–H groups in total. The van der Waals surface area contributed by atoms with Crippen LogP contribution in [0.15, 0.2) is 29.0 Å². The van der Waals surface area contributed by atoms with Crippen LogP contribution in [0.2, 0.25) is 0 Å². The first kappa shape index (κ1) is 17.7. The first-order valence-corrected chi connectivity index (χ1v) is 9.03. The molecule has 1 aliphatic rings. The van der Waals surface area contributed by atoms with Crippen LogP contribution in [-0.2, 0) is 12.7 Å². The molecular weight excluding hydrogens is 383 g/mol. The number of hydrogen-bond acceptors (Lipinski definition) is 6. The Kier molecular flexibility index (Phi) is 4.46. The predicted molar refractivity (Wildman–Crippen MR) is 89.0 cm³/mol. The highest BCUT2D eigenvalue weighted by atomic mass is 32.1. The molecule has 7 nitrogen and oxygen atoms in total. The van der Waals surface area contributed by atoms with E-state index in [0.717, 1.165) is 24.1 Å². The molecule has 0 spiro atoms. The van der Waals surface area contributed by atoms with E-state index in [0.29, 0.717) is 17.0 Å². The number of amides is 1. The summed E-state index contributed by atoms with van der Waals surface area (Å²) < 4.78 is 43.5. The first-order valence-electron chi connectivity index (χ1n) is 8.22. The summed E-state index contributed by atoms with van der Waals surface area (Å²) in [6, 6.07) is 3.62. The molecule has 4 rings (SSSR count). The largest absolute Gasteiger partial charge is 0.471 e. The molecule has 11 heteroatoms.